The Kier molecular flexibility index (Phi) is 31.2. The molecular formula is C60H72N4Na4O32S4. The van der Waals surface area contributed by atoms with E-state index in [4.69, 9.17) is 0 Å². The standard InChI is InChI=1S/C60H76N4O32S4.4Na/c65-41-1-9-61(45(41)57(77)78)21-37-49(69)29-17-30(50(37)70)26(6-14-98(88,89)90)32-19-34(54(74)39(52(32)72)23-63-11-3-43(67)47(63)59(81)82)28(8-16-100(94,95)96)36-20-35(55(75)40(56(36)76)24-64-12-4-44(68)48(64)60(83)84)27(7-15-99(91,92)93)33-18-31(25(29)5-13-97(85,86)87)51(71)38(53(33)73)22-62-10-2-42(66)46(62)58(79)80;;;;/h17-20,25-28,41-48,65-76H,1-16,21-24H2,(H,77,78)(H,79,80)(H,81,82)(H,83,84)(H,85,86,87)(H,88,89,90)(H,91,92,93)(H,94,95,96);;;;/q;4*+1/p-4/t25?,26?,27?,28?,41-,42-,43-,44-,45+,46+,47+,48+;;;;/m1..../s1. The Labute approximate surface area is 683 Å². The number of nitrogens with zero attached hydrogens (tertiary/aromatic N) is 4. The number of phenolic OH excluding ortho intramolecular Hbond substituents is 4. The minimum absolute atomic E-state index is 0. The summed E-state index contributed by atoms with van der Waals surface area (Å²) in [6, 6.07) is -4.93. The van der Waals surface area contributed by atoms with Crippen molar-refractivity contribution < 1.29 is 271 Å². The SMILES string of the molecule is O=C(O)[C@@H]1[C@H](O)CCN1Cc1c([O-])c2cc(c1[O-])C(CCS(=O)(=O)O)c1cc(c([O-])c(CN3CC[C@@H](O)[C@H]3C(=O)O)c1O)C(CCS(=O)(=O)O)c1cc(c(O)c(CN3CC[C@@H](O)[C@H]3C(=O)O)c1O)C(CCS(=O)(=O)O)c1cc(c(O)c(CN3CC[C@@H](O)[C@H]3C(=O)O)c1[O-])C2CCS(=O)(=O)O.[Na+].[Na+].[Na+].[Na+]. The minimum Gasteiger partial charge on any atom is -0.872 e. The van der Waals surface area contributed by atoms with Gasteiger partial charge in [-0.3, -0.25) is 57.0 Å². The third-order valence-electron chi connectivity index (χ3n) is 19.6. The molecule has 0 radical (unpaired) electrons. The predicted octanol–water partition coefficient (Wildman–Crippen LogP) is -15.1. The van der Waals surface area contributed by atoms with Crippen LogP contribution in [-0.4, -0.2) is 254 Å². The molecule has 4 unspecified atom stereocenters. The van der Waals surface area contributed by atoms with Crippen LogP contribution in [0, 0.1) is 0 Å². The van der Waals surface area contributed by atoms with Gasteiger partial charge in [0, 0.05) is 109 Å². The van der Waals surface area contributed by atoms with Crippen LogP contribution in [0.5, 0.6) is 46.0 Å². The fourth-order valence-electron chi connectivity index (χ4n) is 14.9. The van der Waals surface area contributed by atoms with Gasteiger partial charge in [0.05, 0.1) is 53.0 Å². The number of carboxylic acids is 4. The Bertz CT molecular complexity index is 3750. The molecule has 5 aliphatic rings. The van der Waals surface area contributed by atoms with Crippen molar-refractivity contribution in [3.8, 4) is 46.0 Å². The summed E-state index contributed by atoms with van der Waals surface area (Å²) in [6.45, 7) is -5.90. The first-order valence-corrected chi connectivity index (χ1v) is 37.5. The van der Waals surface area contributed by atoms with E-state index < -0.39 is 344 Å². The number of aliphatic hydroxyl groups excluding tert-OH is 4. The maximum Gasteiger partial charge on any atom is 1.00 e. The van der Waals surface area contributed by atoms with E-state index in [9.17, 15) is 132 Å². The van der Waals surface area contributed by atoms with E-state index in [0.717, 1.165) is 19.6 Å². The Balaban J connectivity index is 0.00000486. The molecule has 36 nitrogen and oxygen atoms in total. The van der Waals surface area contributed by atoms with E-state index in [0.29, 0.717) is 24.3 Å². The minimum atomic E-state index is -5.35. The molecule has 4 heterocycles. The van der Waals surface area contributed by atoms with Crippen LogP contribution in [0.3, 0.4) is 0 Å². The normalized spacial score (nSPS) is 24.8. The Hall–Kier alpha value is -3.52. The van der Waals surface area contributed by atoms with E-state index in [1.807, 2.05) is 0 Å². The number of aliphatic hydroxyl groups is 4. The van der Waals surface area contributed by atoms with E-state index in [1.54, 1.807) is 0 Å². The summed E-state index contributed by atoms with van der Waals surface area (Å²) in [7, 11) is -21.4. The zero-order chi connectivity index (χ0) is 74.1. The number of hydrogen-bond donors (Lipinski definition) is 16. The molecule has 4 saturated heterocycles. The number of fused-ring (bicyclic) bond motifs is 8. The van der Waals surface area contributed by atoms with Crippen molar-refractivity contribution in [3.05, 3.63) is 91.0 Å². The Morgan fingerprint density at radius 3 is 0.740 bits per heavy atom. The van der Waals surface area contributed by atoms with Gasteiger partial charge in [0.25, 0.3) is 40.5 Å². The van der Waals surface area contributed by atoms with Gasteiger partial charge in [-0.05, 0) is 85.3 Å². The van der Waals surface area contributed by atoms with E-state index in [2.05, 4.69) is 0 Å². The molecular weight excluding hydrogens is 1510 g/mol. The van der Waals surface area contributed by atoms with Crippen LogP contribution in [0.1, 0.15) is 142 Å². The zero-order valence-electron chi connectivity index (χ0n) is 56.5. The molecule has 1 aliphatic carbocycles. The van der Waals surface area contributed by atoms with Gasteiger partial charge in [0.15, 0.2) is 0 Å². The maximum atomic E-state index is 15.9. The summed E-state index contributed by atoms with van der Waals surface area (Å²) < 4.78 is 147. The number of aliphatic carboxylic acids is 4. The summed E-state index contributed by atoms with van der Waals surface area (Å²) in [6.07, 6.45) is -12.9. The largest absolute Gasteiger partial charge is 1.00 e. The van der Waals surface area contributed by atoms with Gasteiger partial charge in [-0.1, -0.05) is 29.7 Å². The summed E-state index contributed by atoms with van der Waals surface area (Å²) in [5.41, 5.74) is -11.0. The molecule has 0 spiro atoms. The van der Waals surface area contributed by atoms with Gasteiger partial charge in [-0.2, -0.15) is 33.7 Å². The van der Waals surface area contributed by atoms with E-state index >= 15 is 20.4 Å². The van der Waals surface area contributed by atoms with Gasteiger partial charge in [0.2, 0.25) is 0 Å². The quantitative estimate of drug-likeness (QED) is 0.0229. The predicted molar refractivity (Wildman–Crippen MR) is 332 cm³/mol. The molecule has 12 atom stereocenters. The van der Waals surface area contributed by atoms with Crippen LogP contribution in [0.4, 0.5) is 0 Å². The average Bonchev–Trinajstić information content (AvgIpc) is 1.19. The van der Waals surface area contributed by atoms with Crippen molar-refractivity contribution in [2.45, 2.75) is 150 Å². The van der Waals surface area contributed by atoms with Gasteiger partial charge >= 0.3 is 142 Å². The van der Waals surface area contributed by atoms with E-state index in [1.165, 1.54) is 0 Å². The summed E-state index contributed by atoms with van der Waals surface area (Å²) in [4.78, 5) is 55.1. The van der Waals surface area contributed by atoms with Crippen LogP contribution in [0.2, 0.25) is 0 Å². The van der Waals surface area contributed by atoms with Crippen LogP contribution in [0.25, 0.3) is 0 Å². The van der Waals surface area contributed by atoms with E-state index in [-0.39, 0.29) is 150 Å². The summed E-state index contributed by atoms with van der Waals surface area (Å²) >= 11 is 0. The topological polar surface area (TPSA) is 634 Å². The maximum absolute atomic E-state index is 15.9. The molecule has 4 aromatic carbocycles. The molecule has 4 fully saturated rings. The van der Waals surface area contributed by atoms with Crippen molar-refractivity contribution in [2.24, 2.45) is 0 Å². The fourth-order valence-corrected chi connectivity index (χ4v) is 17.0. The van der Waals surface area contributed by atoms with Crippen molar-refractivity contribution in [1.29, 1.82) is 0 Å². The van der Waals surface area contributed by atoms with Crippen molar-refractivity contribution in [3.63, 3.8) is 0 Å². The number of hydrogen-bond acceptors (Lipinski definition) is 28. The summed E-state index contributed by atoms with van der Waals surface area (Å²) in [5, 5.41) is 200. The molecule has 44 heteroatoms. The zero-order valence-corrected chi connectivity index (χ0v) is 67.8. The second-order valence-electron chi connectivity index (χ2n) is 25.8. The van der Waals surface area contributed by atoms with Gasteiger partial charge in [0.1, 0.15) is 47.2 Å². The number of rotatable bonds is 24. The molecule has 104 heavy (non-hydrogen) atoms. The Morgan fingerprint density at radius 1 is 0.337 bits per heavy atom. The summed E-state index contributed by atoms with van der Waals surface area (Å²) in [5.74, 6) is -32.9. The monoisotopic (exact) mass is 1580 g/mol. The average molecular weight is 1580 g/mol. The number of likely N-dealkylation sites (tertiary alicyclic amines) is 4. The number of phenols is 4. The fraction of sp³-hybridized carbons (Fsp3) is 0.533. The van der Waals surface area contributed by atoms with Gasteiger partial charge in [-0.15, -0.1) is 11.5 Å². The Morgan fingerprint density at radius 2 is 0.519 bits per heavy atom. The molecule has 0 aromatic heterocycles. The first-order chi connectivity index (χ1) is 46.4. The first-order valence-electron chi connectivity index (χ1n) is 31.0. The van der Waals surface area contributed by atoms with Crippen LogP contribution in [0.15, 0.2) is 24.3 Å². The second kappa shape index (κ2) is 35.7. The molecule has 0 amide bonds. The molecule has 552 valence electrons. The third kappa shape index (κ3) is 20.0. The third-order valence-corrected chi connectivity index (χ3v) is 22.6. The number of carboxylic acid groups (broad SMARTS) is 4. The number of carbonyl (C=O) groups is 4. The van der Waals surface area contributed by atoms with Crippen molar-refractivity contribution in [1.82, 2.24) is 19.6 Å². The van der Waals surface area contributed by atoms with Crippen molar-refractivity contribution >= 4 is 64.3 Å². The number of aromatic hydroxyl groups is 4. The second-order valence-corrected chi connectivity index (χ2v) is 32.1. The smallest absolute Gasteiger partial charge is 0.872 e. The van der Waals surface area contributed by atoms with Crippen LogP contribution >= 0.6 is 0 Å². The number of benzene rings is 4. The van der Waals surface area contributed by atoms with Crippen molar-refractivity contribution in [2.75, 3.05) is 49.2 Å². The van der Waals surface area contributed by atoms with Gasteiger partial charge < -0.3 is 81.7 Å². The molecule has 9 rings (SSSR count). The molecule has 0 saturated carbocycles. The van der Waals surface area contributed by atoms with Crippen LogP contribution in [-0.2, 0) is 85.8 Å². The molecule has 16 N–H and O–H groups in total. The first kappa shape index (κ1) is 91.1. The van der Waals surface area contributed by atoms with Crippen LogP contribution < -0.4 is 139 Å². The van der Waals surface area contributed by atoms with Gasteiger partial charge in [-0.25, -0.2) is 0 Å². The molecule has 4 aliphatic heterocycles. The molecule has 4 aromatic rings. The molecule has 8 bridgehead atoms.